The van der Waals surface area contributed by atoms with Gasteiger partial charge >= 0.3 is 11.8 Å². The maximum absolute atomic E-state index is 11.8. The molecule has 0 aliphatic rings. The summed E-state index contributed by atoms with van der Waals surface area (Å²) in [6.07, 6.45) is 1.38. The second-order valence-electron chi connectivity index (χ2n) is 5.48. The number of hydrogen-bond donors (Lipinski definition) is 2. The van der Waals surface area contributed by atoms with Crippen LogP contribution in [-0.2, 0) is 16.1 Å². The molecule has 0 saturated carbocycles. The normalized spacial score (nSPS) is 10.4. The van der Waals surface area contributed by atoms with Crippen molar-refractivity contribution in [3.05, 3.63) is 59.2 Å². The Morgan fingerprint density at radius 3 is 2.42 bits per heavy atom. The van der Waals surface area contributed by atoms with Gasteiger partial charge in [-0.15, -0.1) is 0 Å². The summed E-state index contributed by atoms with van der Waals surface area (Å²) in [7, 11) is 3.07. The molecule has 7 heteroatoms. The number of carbonyl (C=O) groups is 2. The molecular formula is C19H21N3O4. The number of aryl methyl sites for hydroxylation is 1. The summed E-state index contributed by atoms with van der Waals surface area (Å²) in [4.78, 5) is 23.6. The molecule has 2 amide bonds. The summed E-state index contributed by atoms with van der Waals surface area (Å²) >= 11 is 0. The number of hydrazone groups is 1. The largest absolute Gasteiger partial charge is 0.497 e. The smallest absolute Gasteiger partial charge is 0.329 e. The van der Waals surface area contributed by atoms with E-state index in [1.54, 1.807) is 25.3 Å². The number of methoxy groups -OCH3 is 2. The second-order valence-corrected chi connectivity index (χ2v) is 5.48. The van der Waals surface area contributed by atoms with Crippen LogP contribution in [0.5, 0.6) is 11.5 Å². The van der Waals surface area contributed by atoms with Crippen molar-refractivity contribution in [2.24, 2.45) is 5.10 Å². The van der Waals surface area contributed by atoms with Gasteiger partial charge < -0.3 is 14.8 Å². The first-order valence-corrected chi connectivity index (χ1v) is 7.92. The molecule has 0 radical (unpaired) electrons. The molecule has 0 fully saturated rings. The van der Waals surface area contributed by atoms with Crippen LogP contribution < -0.4 is 20.2 Å². The van der Waals surface area contributed by atoms with Crippen LogP contribution in [0.2, 0.25) is 0 Å². The maximum atomic E-state index is 11.8. The van der Waals surface area contributed by atoms with Crippen LogP contribution in [0, 0.1) is 6.92 Å². The van der Waals surface area contributed by atoms with Crippen LogP contribution in [-0.4, -0.2) is 32.2 Å². The highest BCUT2D eigenvalue weighted by molar-refractivity contribution is 6.35. The molecule has 0 bridgehead atoms. The maximum Gasteiger partial charge on any atom is 0.329 e. The van der Waals surface area contributed by atoms with Gasteiger partial charge in [-0.25, -0.2) is 5.43 Å². The Labute approximate surface area is 152 Å². The number of nitrogens with one attached hydrogen (secondary N) is 2. The lowest BCUT2D eigenvalue weighted by atomic mass is 10.1. The molecule has 0 aliphatic carbocycles. The summed E-state index contributed by atoms with van der Waals surface area (Å²) in [5.74, 6) is -0.433. The minimum atomic E-state index is -0.852. The van der Waals surface area contributed by atoms with Gasteiger partial charge in [0.2, 0.25) is 0 Å². The molecule has 0 unspecified atom stereocenters. The van der Waals surface area contributed by atoms with Gasteiger partial charge in [0.25, 0.3) is 0 Å². The molecule has 7 nitrogen and oxygen atoms in total. The van der Waals surface area contributed by atoms with Crippen molar-refractivity contribution in [3.8, 4) is 11.5 Å². The lowest BCUT2D eigenvalue weighted by Crippen LogP contribution is -2.37. The van der Waals surface area contributed by atoms with Gasteiger partial charge in [0, 0.05) is 12.1 Å². The highest BCUT2D eigenvalue weighted by Gasteiger charge is 2.12. The molecule has 0 saturated heterocycles. The second kappa shape index (κ2) is 9.22. The van der Waals surface area contributed by atoms with E-state index in [2.05, 4.69) is 15.8 Å². The molecular weight excluding hydrogens is 334 g/mol. The fraction of sp³-hybridized carbons (Fsp3) is 0.211. The lowest BCUT2D eigenvalue weighted by Gasteiger charge is -2.07. The number of ether oxygens (including phenoxy) is 2. The third-order valence-corrected chi connectivity index (χ3v) is 3.59. The fourth-order valence-electron chi connectivity index (χ4n) is 2.12. The zero-order valence-corrected chi connectivity index (χ0v) is 14.9. The van der Waals surface area contributed by atoms with Crippen molar-refractivity contribution >= 4 is 18.0 Å². The van der Waals surface area contributed by atoms with E-state index in [9.17, 15) is 9.59 Å². The predicted octanol–water partition coefficient (Wildman–Crippen LogP) is 1.78. The number of hydrogen-bond acceptors (Lipinski definition) is 5. The minimum absolute atomic E-state index is 0.264. The highest BCUT2D eigenvalue weighted by atomic mass is 16.5. The Balaban J connectivity index is 1.90. The van der Waals surface area contributed by atoms with Gasteiger partial charge in [-0.3, -0.25) is 9.59 Å². The molecule has 0 atom stereocenters. The molecule has 136 valence electrons. The summed E-state index contributed by atoms with van der Waals surface area (Å²) in [5, 5.41) is 6.33. The standard InChI is InChI=1S/C19H21N3O4/c1-13-4-6-14(7-5-13)11-20-18(23)19(24)22-21-12-15-10-16(25-2)8-9-17(15)26-3/h4-10,12H,11H2,1-3H3,(H,20,23)(H,22,24)/b21-12-. The Hall–Kier alpha value is -3.35. The minimum Gasteiger partial charge on any atom is -0.497 e. The predicted molar refractivity (Wildman–Crippen MR) is 98.3 cm³/mol. The number of benzene rings is 2. The van der Waals surface area contributed by atoms with E-state index in [0.717, 1.165) is 11.1 Å². The van der Waals surface area contributed by atoms with Crippen molar-refractivity contribution in [2.45, 2.75) is 13.5 Å². The van der Waals surface area contributed by atoms with Crippen LogP contribution in [0.3, 0.4) is 0 Å². The van der Waals surface area contributed by atoms with E-state index in [1.165, 1.54) is 13.3 Å². The average Bonchev–Trinajstić information content (AvgIpc) is 2.67. The average molecular weight is 355 g/mol. The van der Waals surface area contributed by atoms with Gasteiger partial charge in [-0.2, -0.15) is 5.10 Å². The van der Waals surface area contributed by atoms with Crippen molar-refractivity contribution < 1.29 is 19.1 Å². The first-order valence-electron chi connectivity index (χ1n) is 7.92. The van der Waals surface area contributed by atoms with Crippen molar-refractivity contribution in [2.75, 3.05) is 14.2 Å². The van der Waals surface area contributed by atoms with Gasteiger partial charge in [-0.1, -0.05) is 29.8 Å². The summed E-state index contributed by atoms with van der Waals surface area (Å²) in [6.45, 7) is 2.24. The lowest BCUT2D eigenvalue weighted by molar-refractivity contribution is -0.139. The van der Waals surface area contributed by atoms with Gasteiger partial charge in [0.1, 0.15) is 11.5 Å². The molecule has 0 aliphatic heterocycles. The Bertz CT molecular complexity index is 801. The molecule has 0 aromatic heterocycles. The first kappa shape index (κ1) is 19.0. The number of rotatable bonds is 6. The third-order valence-electron chi connectivity index (χ3n) is 3.59. The van der Waals surface area contributed by atoms with E-state index in [1.807, 2.05) is 31.2 Å². The van der Waals surface area contributed by atoms with Crippen LogP contribution in [0.25, 0.3) is 0 Å². The van der Waals surface area contributed by atoms with Gasteiger partial charge in [-0.05, 0) is 30.7 Å². The van der Waals surface area contributed by atoms with Crippen LogP contribution in [0.15, 0.2) is 47.6 Å². The molecule has 26 heavy (non-hydrogen) atoms. The van der Waals surface area contributed by atoms with Crippen LogP contribution in [0.4, 0.5) is 0 Å². The Kier molecular flexibility index (Phi) is 6.73. The van der Waals surface area contributed by atoms with E-state index in [0.29, 0.717) is 17.1 Å². The van der Waals surface area contributed by atoms with Crippen LogP contribution in [0.1, 0.15) is 16.7 Å². The molecule has 2 aromatic rings. The van der Waals surface area contributed by atoms with E-state index in [-0.39, 0.29) is 6.54 Å². The number of amides is 2. The highest BCUT2D eigenvalue weighted by Crippen LogP contribution is 2.22. The SMILES string of the molecule is COc1ccc(OC)c(/C=N\NC(=O)C(=O)NCc2ccc(C)cc2)c1. The molecule has 2 aromatic carbocycles. The monoisotopic (exact) mass is 355 g/mol. The van der Waals surface area contributed by atoms with Crippen molar-refractivity contribution in [3.63, 3.8) is 0 Å². The quantitative estimate of drug-likeness (QED) is 0.470. The number of carbonyl (C=O) groups excluding carboxylic acids is 2. The third kappa shape index (κ3) is 5.34. The summed E-state index contributed by atoms with van der Waals surface area (Å²) in [6, 6.07) is 12.8. The summed E-state index contributed by atoms with van der Waals surface area (Å²) in [5.41, 5.74) is 4.82. The van der Waals surface area contributed by atoms with Gasteiger partial charge in [0.05, 0.1) is 20.4 Å². The zero-order chi connectivity index (χ0) is 18.9. The van der Waals surface area contributed by atoms with Crippen LogP contribution >= 0.6 is 0 Å². The van der Waals surface area contributed by atoms with E-state index < -0.39 is 11.8 Å². The van der Waals surface area contributed by atoms with Gasteiger partial charge in [0.15, 0.2) is 0 Å². The zero-order valence-electron chi connectivity index (χ0n) is 14.9. The van der Waals surface area contributed by atoms with E-state index >= 15 is 0 Å². The summed E-state index contributed by atoms with van der Waals surface area (Å²) < 4.78 is 10.3. The molecule has 2 rings (SSSR count). The van der Waals surface area contributed by atoms with E-state index in [4.69, 9.17) is 9.47 Å². The topological polar surface area (TPSA) is 89.0 Å². The van der Waals surface area contributed by atoms with Crippen molar-refractivity contribution in [1.29, 1.82) is 0 Å². The molecule has 2 N–H and O–H groups in total. The first-order chi connectivity index (χ1) is 12.5. The Morgan fingerprint density at radius 2 is 1.77 bits per heavy atom. The Morgan fingerprint density at radius 1 is 1.04 bits per heavy atom. The number of nitrogens with zero attached hydrogens (tertiary/aromatic N) is 1. The molecule has 0 heterocycles. The fourth-order valence-corrected chi connectivity index (χ4v) is 2.12. The van der Waals surface area contributed by atoms with Crippen molar-refractivity contribution in [1.82, 2.24) is 10.7 Å². The molecule has 0 spiro atoms.